The van der Waals surface area contributed by atoms with Gasteiger partial charge in [-0.2, -0.15) is 0 Å². The molecule has 1 unspecified atom stereocenters. The highest BCUT2D eigenvalue weighted by Gasteiger charge is 2.26. The molecule has 1 atom stereocenters. The van der Waals surface area contributed by atoms with Crippen LogP contribution < -0.4 is 4.74 Å². The lowest BCUT2D eigenvalue weighted by atomic mass is 10.00. The van der Waals surface area contributed by atoms with E-state index in [2.05, 4.69) is 26.0 Å². The topological polar surface area (TPSA) is 35.5 Å². The summed E-state index contributed by atoms with van der Waals surface area (Å²) in [5, 5.41) is 0. The molecule has 0 aliphatic heterocycles. The number of rotatable bonds is 6. The van der Waals surface area contributed by atoms with Crippen molar-refractivity contribution >= 4 is 5.97 Å². The molecule has 3 heteroatoms. The summed E-state index contributed by atoms with van der Waals surface area (Å²) in [6.07, 6.45) is -0.561. The number of hydrogen-bond donors (Lipinski definition) is 0. The molecule has 20 heavy (non-hydrogen) atoms. The molecule has 112 valence electrons. The number of esters is 1. The average molecular weight is 278 g/mol. The summed E-state index contributed by atoms with van der Waals surface area (Å²) in [5.41, 5.74) is 2.24. The number of hydrogen-bond acceptors (Lipinski definition) is 3. The van der Waals surface area contributed by atoms with E-state index in [-0.39, 0.29) is 11.9 Å². The second-order valence-corrected chi connectivity index (χ2v) is 5.73. The molecule has 0 aliphatic carbocycles. The van der Waals surface area contributed by atoms with E-state index < -0.39 is 6.10 Å². The highest BCUT2D eigenvalue weighted by Crippen LogP contribution is 2.29. The Morgan fingerprint density at radius 1 is 1.20 bits per heavy atom. The number of aryl methyl sites for hydroxylation is 1. The van der Waals surface area contributed by atoms with Crippen LogP contribution in [0.25, 0.3) is 0 Å². The Kier molecular flexibility index (Phi) is 6.05. The summed E-state index contributed by atoms with van der Waals surface area (Å²) >= 11 is 0. The minimum Gasteiger partial charge on any atom is -0.478 e. The molecule has 0 amide bonds. The van der Waals surface area contributed by atoms with Crippen molar-refractivity contribution in [3.63, 3.8) is 0 Å². The van der Waals surface area contributed by atoms with E-state index in [1.807, 2.05) is 33.8 Å². The zero-order chi connectivity index (χ0) is 15.3. The molecule has 0 heterocycles. The van der Waals surface area contributed by atoms with Crippen LogP contribution in [0.1, 0.15) is 51.7 Å². The quantitative estimate of drug-likeness (QED) is 0.735. The fraction of sp³-hybridized carbons (Fsp3) is 0.588. The fourth-order valence-electron chi connectivity index (χ4n) is 2.04. The van der Waals surface area contributed by atoms with Crippen molar-refractivity contribution in [1.82, 2.24) is 0 Å². The van der Waals surface area contributed by atoms with Crippen LogP contribution in [0.3, 0.4) is 0 Å². The molecular weight excluding hydrogens is 252 g/mol. The van der Waals surface area contributed by atoms with Crippen molar-refractivity contribution in [3.05, 3.63) is 29.3 Å². The summed E-state index contributed by atoms with van der Waals surface area (Å²) in [5.74, 6) is 0.903. The van der Waals surface area contributed by atoms with Crippen molar-refractivity contribution in [3.8, 4) is 5.75 Å². The second kappa shape index (κ2) is 7.32. The Balaban J connectivity index is 3.04. The number of benzene rings is 1. The van der Waals surface area contributed by atoms with Crippen LogP contribution in [0, 0.1) is 12.8 Å². The van der Waals surface area contributed by atoms with E-state index in [0.29, 0.717) is 12.5 Å². The Morgan fingerprint density at radius 2 is 1.85 bits per heavy atom. The van der Waals surface area contributed by atoms with Gasteiger partial charge in [0.2, 0.25) is 0 Å². The maximum absolute atomic E-state index is 12.0. The zero-order valence-electron chi connectivity index (χ0n) is 13.4. The highest BCUT2D eigenvalue weighted by molar-refractivity contribution is 5.75. The molecule has 0 aliphatic rings. The summed E-state index contributed by atoms with van der Waals surface area (Å²) in [4.78, 5) is 12.0. The largest absolute Gasteiger partial charge is 0.478 e. The molecule has 0 radical (unpaired) electrons. The summed E-state index contributed by atoms with van der Waals surface area (Å²) < 4.78 is 11.1. The van der Waals surface area contributed by atoms with Crippen LogP contribution in [0.2, 0.25) is 0 Å². The van der Waals surface area contributed by atoms with Crippen LogP contribution in [0.4, 0.5) is 0 Å². The van der Waals surface area contributed by atoms with E-state index in [0.717, 1.165) is 16.9 Å². The van der Waals surface area contributed by atoms with Gasteiger partial charge in [-0.3, -0.25) is 0 Å². The molecule has 0 saturated carbocycles. The van der Waals surface area contributed by atoms with E-state index in [4.69, 9.17) is 9.47 Å². The van der Waals surface area contributed by atoms with Crippen LogP contribution in [0.15, 0.2) is 18.2 Å². The Morgan fingerprint density at radius 3 is 2.35 bits per heavy atom. The van der Waals surface area contributed by atoms with Crippen molar-refractivity contribution in [2.24, 2.45) is 5.92 Å². The van der Waals surface area contributed by atoms with Gasteiger partial charge in [-0.1, -0.05) is 39.8 Å². The first-order chi connectivity index (χ1) is 9.36. The molecule has 1 aromatic rings. The summed E-state index contributed by atoms with van der Waals surface area (Å²) in [6, 6.07) is 6.12. The molecule has 1 aromatic carbocycles. The highest BCUT2D eigenvalue weighted by atomic mass is 16.6. The third kappa shape index (κ3) is 4.26. The van der Waals surface area contributed by atoms with Crippen LogP contribution in [0.5, 0.6) is 5.75 Å². The molecule has 1 rings (SSSR count). The Hall–Kier alpha value is -1.51. The summed E-state index contributed by atoms with van der Waals surface area (Å²) in [6.45, 7) is 12.4. The van der Waals surface area contributed by atoms with Crippen molar-refractivity contribution in [1.29, 1.82) is 0 Å². The monoisotopic (exact) mass is 278 g/mol. The van der Waals surface area contributed by atoms with Gasteiger partial charge in [0.05, 0.1) is 6.61 Å². The predicted molar refractivity (Wildman–Crippen MR) is 81.2 cm³/mol. The number of carbonyl (C=O) groups is 1. The van der Waals surface area contributed by atoms with Gasteiger partial charge in [-0.25, -0.2) is 4.79 Å². The van der Waals surface area contributed by atoms with Crippen LogP contribution in [-0.4, -0.2) is 18.7 Å². The zero-order valence-corrected chi connectivity index (χ0v) is 13.4. The van der Waals surface area contributed by atoms with Gasteiger partial charge in [0.25, 0.3) is 0 Å². The van der Waals surface area contributed by atoms with E-state index >= 15 is 0 Å². The lowest BCUT2D eigenvalue weighted by molar-refractivity contribution is -0.153. The molecule has 3 nitrogen and oxygen atoms in total. The van der Waals surface area contributed by atoms with Gasteiger partial charge in [-0.15, -0.1) is 0 Å². The van der Waals surface area contributed by atoms with Gasteiger partial charge in [0.15, 0.2) is 6.10 Å². The SMILES string of the molecule is CCOC(=O)C(Oc1cc(C)ccc1C(C)C)C(C)C. The van der Waals surface area contributed by atoms with Crippen LogP contribution in [-0.2, 0) is 9.53 Å². The van der Waals surface area contributed by atoms with Gasteiger partial charge in [-0.05, 0) is 37.0 Å². The maximum Gasteiger partial charge on any atom is 0.347 e. The maximum atomic E-state index is 12.0. The predicted octanol–water partition coefficient (Wildman–Crippen LogP) is 4.08. The fourth-order valence-corrected chi connectivity index (χ4v) is 2.04. The minimum atomic E-state index is -0.561. The molecule has 0 N–H and O–H groups in total. The average Bonchev–Trinajstić information content (AvgIpc) is 2.35. The Labute approximate surface area is 122 Å². The Bertz CT molecular complexity index is 450. The normalized spacial score (nSPS) is 12.6. The minimum absolute atomic E-state index is 0.0644. The standard InChI is InChI=1S/C17H26O3/c1-7-19-17(18)16(12(4)5)20-15-10-13(6)8-9-14(15)11(2)3/h8-12,16H,7H2,1-6H3. The number of ether oxygens (including phenoxy) is 2. The first-order valence-electron chi connectivity index (χ1n) is 7.30. The van der Waals surface area contributed by atoms with Gasteiger partial charge in [0, 0.05) is 5.92 Å². The lowest BCUT2D eigenvalue weighted by Crippen LogP contribution is -2.34. The van der Waals surface area contributed by atoms with Crippen molar-refractivity contribution < 1.29 is 14.3 Å². The molecule has 0 bridgehead atoms. The van der Waals surface area contributed by atoms with Gasteiger partial charge >= 0.3 is 5.97 Å². The van der Waals surface area contributed by atoms with Gasteiger partial charge < -0.3 is 9.47 Å². The first kappa shape index (κ1) is 16.5. The third-order valence-electron chi connectivity index (χ3n) is 3.17. The van der Waals surface area contributed by atoms with Crippen molar-refractivity contribution in [2.45, 2.75) is 53.6 Å². The van der Waals surface area contributed by atoms with E-state index in [1.165, 1.54) is 0 Å². The molecule has 0 spiro atoms. The van der Waals surface area contributed by atoms with E-state index in [9.17, 15) is 4.79 Å². The first-order valence-corrected chi connectivity index (χ1v) is 7.30. The van der Waals surface area contributed by atoms with Crippen molar-refractivity contribution in [2.75, 3.05) is 6.61 Å². The molecule has 0 saturated heterocycles. The number of carbonyl (C=O) groups excluding carboxylic acids is 1. The lowest BCUT2D eigenvalue weighted by Gasteiger charge is -2.23. The third-order valence-corrected chi connectivity index (χ3v) is 3.17. The van der Waals surface area contributed by atoms with Crippen LogP contribution >= 0.6 is 0 Å². The van der Waals surface area contributed by atoms with Gasteiger partial charge in [0.1, 0.15) is 5.75 Å². The molecule has 0 fully saturated rings. The second-order valence-electron chi connectivity index (χ2n) is 5.73. The smallest absolute Gasteiger partial charge is 0.347 e. The molecule has 0 aromatic heterocycles. The molecular formula is C17H26O3. The summed E-state index contributed by atoms with van der Waals surface area (Å²) in [7, 11) is 0. The van der Waals surface area contributed by atoms with E-state index in [1.54, 1.807) is 0 Å².